The molecule has 2 fully saturated rings. The quantitative estimate of drug-likeness (QED) is 0.864. The number of aliphatic hydroxyl groups excluding tert-OH is 1. The molecule has 3 nitrogen and oxygen atoms in total. The van der Waals surface area contributed by atoms with Crippen molar-refractivity contribution in [3.8, 4) is 0 Å². The largest absolute Gasteiger partial charge is 0.394 e. The normalized spacial score (nSPS) is 36.2. The van der Waals surface area contributed by atoms with Crippen molar-refractivity contribution < 1.29 is 5.11 Å². The van der Waals surface area contributed by atoms with Gasteiger partial charge in [-0.15, -0.1) is 0 Å². The predicted molar refractivity (Wildman–Crippen MR) is 84.3 cm³/mol. The van der Waals surface area contributed by atoms with Crippen molar-refractivity contribution in [2.45, 2.75) is 31.2 Å². The third-order valence-electron chi connectivity index (χ3n) is 6.29. The van der Waals surface area contributed by atoms with Gasteiger partial charge in [0.15, 0.2) is 0 Å². The smallest absolute Gasteiger partial charge is 0.0621 e. The average Bonchev–Trinajstić information content (AvgIpc) is 2.79. The monoisotopic (exact) mass is 286 g/mol. The first-order valence-electron chi connectivity index (χ1n) is 8.48. The van der Waals surface area contributed by atoms with Gasteiger partial charge in [-0.25, -0.2) is 0 Å². The summed E-state index contributed by atoms with van der Waals surface area (Å²) in [6, 6.07) is 8.94. The number of benzene rings is 1. The summed E-state index contributed by atoms with van der Waals surface area (Å²) in [5.41, 5.74) is 3.08. The fraction of sp³-hybridized carbons (Fsp3) is 0.667. The molecule has 2 unspecified atom stereocenters. The van der Waals surface area contributed by atoms with Gasteiger partial charge in [0.2, 0.25) is 0 Å². The van der Waals surface area contributed by atoms with Crippen molar-refractivity contribution in [1.29, 1.82) is 0 Å². The van der Waals surface area contributed by atoms with Gasteiger partial charge in [0, 0.05) is 26.2 Å². The van der Waals surface area contributed by atoms with Crippen LogP contribution < -0.4 is 5.32 Å². The average molecular weight is 286 g/mol. The molecule has 2 atom stereocenters. The summed E-state index contributed by atoms with van der Waals surface area (Å²) in [6.45, 7) is 4.63. The highest BCUT2D eigenvalue weighted by Crippen LogP contribution is 2.50. The Kier molecular flexibility index (Phi) is 3.52. The Hall–Kier alpha value is -0.900. The molecule has 1 heterocycles. The van der Waals surface area contributed by atoms with Crippen LogP contribution in [0.1, 0.15) is 24.0 Å². The molecule has 1 saturated carbocycles. The van der Waals surface area contributed by atoms with Gasteiger partial charge in [-0.2, -0.15) is 0 Å². The topological polar surface area (TPSA) is 35.5 Å². The number of piperazine rings is 1. The lowest BCUT2D eigenvalue weighted by Gasteiger charge is -2.49. The Balaban J connectivity index is 1.72. The van der Waals surface area contributed by atoms with E-state index in [-0.39, 0.29) is 5.54 Å². The lowest BCUT2D eigenvalue weighted by Crippen LogP contribution is -2.63. The summed E-state index contributed by atoms with van der Waals surface area (Å²) in [4.78, 5) is 2.62. The predicted octanol–water partition coefficient (Wildman–Crippen LogP) is 1.45. The number of hydrogen-bond acceptors (Lipinski definition) is 3. The van der Waals surface area contributed by atoms with Crippen molar-refractivity contribution in [1.82, 2.24) is 10.2 Å². The summed E-state index contributed by atoms with van der Waals surface area (Å²) < 4.78 is 0. The second kappa shape index (κ2) is 5.38. The van der Waals surface area contributed by atoms with E-state index < -0.39 is 0 Å². The van der Waals surface area contributed by atoms with E-state index in [1.165, 1.54) is 24.0 Å². The van der Waals surface area contributed by atoms with Crippen LogP contribution in [0, 0.1) is 11.8 Å². The van der Waals surface area contributed by atoms with Crippen LogP contribution in [-0.4, -0.2) is 48.3 Å². The van der Waals surface area contributed by atoms with Crippen LogP contribution in [-0.2, 0) is 12.8 Å². The molecule has 1 aromatic rings. The Morgan fingerprint density at radius 2 is 1.62 bits per heavy atom. The molecule has 21 heavy (non-hydrogen) atoms. The second-order valence-electron chi connectivity index (χ2n) is 7.03. The summed E-state index contributed by atoms with van der Waals surface area (Å²) >= 11 is 0. The van der Waals surface area contributed by atoms with E-state index >= 15 is 0 Å². The SMILES string of the molecule is OCC1(N2CCNCC2)C2CCC1Cc1ccccc1C2. The zero-order valence-electron chi connectivity index (χ0n) is 12.7. The Morgan fingerprint density at radius 3 is 2.14 bits per heavy atom. The molecule has 114 valence electrons. The van der Waals surface area contributed by atoms with Crippen LogP contribution in [0.15, 0.2) is 24.3 Å². The summed E-state index contributed by atoms with van der Waals surface area (Å²) in [6.07, 6.45) is 4.86. The van der Waals surface area contributed by atoms with Gasteiger partial charge in [0.1, 0.15) is 0 Å². The van der Waals surface area contributed by atoms with Crippen LogP contribution in [0.3, 0.4) is 0 Å². The number of nitrogens with zero attached hydrogens (tertiary/aromatic N) is 1. The molecule has 3 heteroatoms. The Bertz CT molecular complexity index is 477. The molecule has 3 aliphatic rings. The zero-order valence-corrected chi connectivity index (χ0v) is 12.7. The molecular weight excluding hydrogens is 260 g/mol. The fourth-order valence-corrected chi connectivity index (χ4v) is 5.24. The van der Waals surface area contributed by atoms with Crippen LogP contribution in [0.4, 0.5) is 0 Å². The van der Waals surface area contributed by atoms with E-state index in [1.54, 1.807) is 0 Å². The first-order chi connectivity index (χ1) is 10.3. The van der Waals surface area contributed by atoms with Gasteiger partial charge >= 0.3 is 0 Å². The lowest BCUT2D eigenvalue weighted by molar-refractivity contribution is -0.0353. The molecule has 0 amide bonds. The maximum atomic E-state index is 10.4. The van der Waals surface area contributed by atoms with Gasteiger partial charge in [-0.1, -0.05) is 24.3 Å². The molecule has 2 aliphatic carbocycles. The summed E-state index contributed by atoms with van der Waals surface area (Å²) in [5.74, 6) is 1.24. The van der Waals surface area contributed by atoms with Crippen LogP contribution in [0.5, 0.6) is 0 Å². The minimum atomic E-state index is 0.0289. The highest BCUT2D eigenvalue weighted by Gasteiger charge is 2.54. The third-order valence-corrected chi connectivity index (χ3v) is 6.29. The maximum Gasteiger partial charge on any atom is 0.0621 e. The minimum absolute atomic E-state index is 0.0289. The number of aliphatic hydroxyl groups is 1. The fourth-order valence-electron chi connectivity index (χ4n) is 5.24. The van der Waals surface area contributed by atoms with Gasteiger partial charge in [-0.3, -0.25) is 4.90 Å². The second-order valence-corrected chi connectivity index (χ2v) is 7.03. The van der Waals surface area contributed by atoms with E-state index in [2.05, 4.69) is 34.5 Å². The molecule has 4 rings (SSSR count). The van der Waals surface area contributed by atoms with Crippen LogP contribution >= 0.6 is 0 Å². The molecule has 0 spiro atoms. The molecule has 2 bridgehead atoms. The number of hydrogen-bond donors (Lipinski definition) is 2. The van der Waals surface area contributed by atoms with Crippen molar-refractivity contribution in [2.24, 2.45) is 11.8 Å². The Morgan fingerprint density at radius 1 is 1.05 bits per heavy atom. The van der Waals surface area contributed by atoms with Crippen LogP contribution in [0.2, 0.25) is 0 Å². The van der Waals surface area contributed by atoms with Gasteiger partial charge in [-0.05, 0) is 48.6 Å². The molecule has 1 aromatic carbocycles. The summed E-state index contributed by atoms with van der Waals surface area (Å²) in [7, 11) is 0. The molecule has 0 aromatic heterocycles. The van der Waals surface area contributed by atoms with E-state index in [4.69, 9.17) is 0 Å². The van der Waals surface area contributed by atoms with Crippen molar-refractivity contribution in [3.63, 3.8) is 0 Å². The molecule has 0 radical (unpaired) electrons. The van der Waals surface area contributed by atoms with Gasteiger partial charge < -0.3 is 10.4 Å². The highest BCUT2D eigenvalue weighted by molar-refractivity contribution is 5.32. The van der Waals surface area contributed by atoms with Gasteiger partial charge in [0.25, 0.3) is 0 Å². The Labute approximate surface area is 127 Å². The molecule has 1 aliphatic heterocycles. The first kappa shape index (κ1) is 13.7. The van der Waals surface area contributed by atoms with E-state index in [1.807, 2.05) is 0 Å². The van der Waals surface area contributed by atoms with E-state index in [0.717, 1.165) is 39.0 Å². The summed E-state index contributed by atoms with van der Waals surface area (Å²) in [5, 5.41) is 13.9. The maximum absolute atomic E-state index is 10.4. The zero-order chi connectivity index (χ0) is 14.3. The molecular formula is C18H26N2O. The minimum Gasteiger partial charge on any atom is -0.394 e. The molecule has 1 saturated heterocycles. The van der Waals surface area contributed by atoms with E-state index in [9.17, 15) is 5.11 Å². The van der Waals surface area contributed by atoms with Crippen molar-refractivity contribution in [3.05, 3.63) is 35.4 Å². The van der Waals surface area contributed by atoms with E-state index in [0.29, 0.717) is 18.4 Å². The van der Waals surface area contributed by atoms with Gasteiger partial charge in [0.05, 0.1) is 12.1 Å². The van der Waals surface area contributed by atoms with Crippen molar-refractivity contribution >= 4 is 0 Å². The number of nitrogens with one attached hydrogen (secondary N) is 1. The number of fused-ring (bicyclic) bond motifs is 3. The number of rotatable bonds is 2. The van der Waals surface area contributed by atoms with Crippen molar-refractivity contribution in [2.75, 3.05) is 32.8 Å². The highest BCUT2D eigenvalue weighted by atomic mass is 16.3. The molecule has 2 N–H and O–H groups in total. The lowest BCUT2D eigenvalue weighted by atomic mass is 9.77. The standard InChI is InChI=1S/C18H26N2O/c21-13-18(20-9-7-19-8-10-20)16-5-6-17(18)12-15-4-2-1-3-14(15)11-16/h1-4,16-17,19,21H,5-13H2. The first-order valence-corrected chi connectivity index (χ1v) is 8.48. The van der Waals surface area contributed by atoms with Crippen LogP contribution in [0.25, 0.3) is 0 Å². The third kappa shape index (κ3) is 2.06.